The minimum Gasteiger partial charge on any atom is -0.383 e. The van der Waals surface area contributed by atoms with Crippen molar-refractivity contribution in [3.8, 4) is 0 Å². The van der Waals surface area contributed by atoms with E-state index in [0.29, 0.717) is 19.6 Å². The molecule has 2 fully saturated rings. The molecule has 6 heteroatoms. The molecule has 6 nitrogen and oxygen atoms in total. The van der Waals surface area contributed by atoms with Crippen molar-refractivity contribution in [2.24, 2.45) is 5.92 Å². The molecule has 2 amide bonds. The fourth-order valence-electron chi connectivity index (χ4n) is 3.02. The number of piperazine rings is 1. The van der Waals surface area contributed by atoms with Crippen LogP contribution in [0.25, 0.3) is 0 Å². The number of carbonyl (C=O) groups excluding carboxylic acids is 2. The molecule has 2 aliphatic heterocycles. The Hall–Kier alpha value is -1.14. The lowest BCUT2D eigenvalue weighted by Crippen LogP contribution is -3.12. The number of amides is 2. The van der Waals surface area contributed by atoms with Crippen molar-refractivity contribution in [2.45, 2.75) is 19.4 Å². The maximum Gasteiger partial charge on any atom is 0.228 e. The number of nitrogens with one attached hydrogen (secondary N) is 1. The summed E-state index contributed by atoms with van der Waals surface area (Å²) in [7, 11) is 3.78. The SMILES string of the molecule is COC[C@@H](C)N1C[C@H](C(=O)N2CC[NH+](C)CC2)CC1=O. The summed E-state index contributed by atoms with van der Waals surface area (Å²) in [6.45, 7) is 6.64. The first-order valence-electron chi connectivity index (χ1n) is 7.41. The first-order chi connectivity index (χ1) is 9.52. The highest BCUT2D eigenvalue weighted by Gasteiger charge is 2.39. The van der Waals surface area contributed by atoms with Crippen LogP contribution in [0.4, 0.5) is 0 Å². The minimum atomic E-state index is -0.166. The highest BCUT2D eigenvalue weighted by atomic mass is 16.5. The maximum atomic E-state index is 12.5. The third-order valence-electron chi connectivity index (χ3n) is 4.38. The molecular formula is C14H26N3O3+. The molecule has 0 saturated carbocycles. The van der Waals surface area contributed by atoms with Gasteiger partial charge in [-0.1, -0.05) is 0 Å². The number of likely N-dealkylation sites (tertiary alicyclic amines) is 1. The van der Waals surface area contributed by atoms with Gasteiger partial charge in [0.15, 0.2) is 0 Å². The highest BCUT2D eigenvalue weighted by molar-refractivity contribution is 5.89. The average Bonchev–Trinajstić information content (AvgIpc) is 2.81. The van der Waals surface area contributed by atoms with Gasteiger partial charge in [0.2, 0.25) is 11.8 Å². The number of carbonyl (C=O) groups is 2. The number of likely N-dealkylation sites (N-methyl/N-ethyl adjacent to an activating group) is 1. The van der Waals surface area contributed by atoms with Crippen LogP contribution in [-0.4, -0.2) is 81.1 Å². The number of hydrogen-bond acceptors (Lipinski definition) is 3. The van der Waals surface area contributed by atoms with Gasteiger partial charge >= 0.3 is 0 Å². The van der Waals surface area contributed by atoms with E-state index < -0.39 is 0 Å². The summed E-state index contributed by atoms with van der Waals surface area (Å²) in [5.41, 5.74) is 0. The summed E-state index contributed by atoms with van der Waals surface area (Å²) < 4.78 is 5.10. The maximum absolute atomic E-state index is 12.5. The zero-order valence-electron chi connectivity index (χ0n) is 12.7. The fraction of sp³-hybridized carbons (Fsp3) is 0.857. The number of methoxy groups -OCH3 is 1. The van der Waals surface area contributed by atoms with Crippen LogP contribution in [0.5, 0.6) is 0 Å². The van der Waals surface area contributed by atoms with Crippen LogP contribution in [-0.2, 0) is 14.3 Å². The molecule has 0 bridgehead atoms. The summed E-state index contributed by atoms with van der Waals surface area (Å²) in [5.74, 6) is 0.0610. The Bertz CT molecular complexity index is 367. The predicted octanol–water partition coefficient (Wildman–Crippen LogP) is -1.77. The number of nitrogens with zero attached hydrogens (tertiary/aromatic N) is 2. The Balaban J connectivity index is 1.91. The van der Waals surface area contributed by atoms with Gasteiger partial charge in [-0.3, -0.25) is 9.59 Å². The molecule has 2 heterocycles. The Labute approximate surface area is 120 Å². The van der Waals surface area contributed by atoms with Gasteiger partial charge in [0.1, 0.15) is 0 Å². The van der Waals surface area contributed by atoms with Gasteiger partial charge < -0.3 is 19.4 Å². The lowest BCUT2D eigenvalue weighted by atomic mass is 10.1. The van der Waals surface area contributed by atoms with Crippen LogP contribution in [0.2, 0.25) is 0 Å². The summed E-state index contributed by atoms with van der Waals surface area (Å²) >= 11 is 0. The molecule has 2 rings (SSSR count). The third-order valence-corrected chi connectivity index (χ3v) is 4.38. The van der Waals surface area contributed by atoms with Gasteiger partial charge in [-0.05, 0) is 6.92 Å². The van der Waals surface area contributed by atoms with Crippen molar-refractivity contribution < 1.29 is 19.2 Å². The first kappa shape index (κ1) is 15.3. The van der Waals surface area contributed by atoms with E-state index in [9.17, 15) is 9.59 Å². The Kier molecular flexibility index (Phi) is 4.99. The average molecular weight is 284 g/mol. The molecule has 0 aromatic carbocycles. The van der Waals surface area contributed by atoms with Gasteiger partial charge in [0, 0.05) is 20.1 Å². The zero-order valence-corrected chi connectivity index (χ0v) is 12.7. The van der Waals surface area contributed by atoms with Crippen molar-refractivity contribution in [1.82, 2.24) is 9.80 Å². The fourth-order valence-corrected chi connectivity index (χ4v) is 3.02. The van der Waals surface area contributed by atoms with Crippen LogP contribution in [0.1, 0.15) is 13.3 Å². The second-order valence-corrected chi connectivity index (χ2v) is 6.03. The Morgan fingerprint density at radius 3 is 2.70 bits per heavy atom. The van der Waals surface area contributed by atoms with Crippen LogP contribution < -0.4 is 4.90 Å². The van der Waals surface area contributed by atoms with E-state index in [0.717, 1.165) is 26.2 Å². The van der Waals surface area contributed by atoms with Crippen LogP contribution in [0.15, 0.2) is 0 Å². The molecule has 0 radical (unpaired) electrons. The van der Waals surface area contributed by atoms with E-state index >= 15 is 0 Å². The molecule has 2 aliphatic rings. The van der Waals surface area contributed by atoms with Crippen LogP contribution in [0, 0.1) is 5.92 Å². The quantitative estimate of drug-likeness (QED) is 0.664. The molecule has 2 atom stereocenters. The van der Waals surface area contributed by atoms with E-state index in [2.05, 4.69) is 7.05 Å². The van der Waals surface area contributed by atoms with Crippen molar-refractivity contribution in [2.75, 3.05) is 53.5 Å². The summed E-state index contributed by atoms with van der Waals surface area (Å²) in [4.78, 5) is 29.7. The summed E-state index contributed by atoms with van der Waals surface area (Å²) in [5, 5.41) is 0. The molecule has 114 valence electrons. The molecule has 0 aromatic heterocycles. The Morgan fingerprint density at radius 1 is 1.45 bits per heavy atom. The van der Waals surface area contributed by atoms with E-state index in [4.69, 9.17) is 4.74 Å². The lowest BCUT2D eigenvalue weighted by molar-refractivity contribution is -0.883. The molecule has 0 aromatic rings. The largest absolute Gasteiger partial charge is 0.383 e. The first-order valence-corrected chi connectivity index (χ1v) is 7.41. The molecule has 1 N–H and O–H groups in total. The van der Waals surface area contributed by atoms with E-state index in [-0.39, 0.29) is 23.8 Å². The smallest absolute Gasteiger partial charge is 0.228 e. The van der Waals surface area contributed by atoms with Crippen molar-refractivity contribution in [1.29, 1.82) is 0 Å². The predicted molar refractivity (Wildman–Crippen MR) is 74.4 cm³/mol. The number of quaternary nitrogens is 1. The second kappa shape index (κ2) is 6.54. The van der Waals surface area contributed by atoms with Gasteiger partial charge in [0.05, 0.1) is 51.8 Å². The molecule has 0 spiro atoms. The number of ether oxygens (including phenoxy) is 1. The van der Waals surface area contributed by atoms with Crippen molar-refractivity contribution in [3.63, 3.8) is 0 Å². The van der Waals surface area contributed by atoms with Gasteiger partial charge in [-0.15, -0.1) is 0 Å². The topological polar surface area (TPSA) is 54.3 Å². The van der Waals surface area contributed by atoms with Crippen LogP contribution >= 0.6 is 0 Å². The van der Waals surface area contributed by atoms with Crippen molar-refractivity contribution >= 4 is 11.8 Å². The minimum absolute atomic E-state index is 0.0437. The van der Waals surface area contributed by atoms with Crippen molar-refractivity contribution in [3.05, 3.63) is 0 Å². The van der Waals surface area contributed by atoms with Gasteiger partial charge in [0.25, 0.3) is 0 Å². The number of rotatable bonds is 4. The summed E-state index contributed by atoms with van der Waals surface area (Å²) in [6.07, 6.45) is 0.353. The highest BCUT2D eigenvalue weighted by Crippen LogP contribution is 2.22. The van der Waals surface area contributed by atoms with E-state index in [1.165, 1.54) is 4.90 Å². The van der Waals surface area contributed by atoms with E-state index in [1.54, 1.807) is 12.0 Å². The normalized spacial score (nSPS) is 26.1. The van der Waals surface area contributed by atoms with Crippen LogP contribution in [0.3, 0.4) is 0 Å². The lowest BCUT2D eigenvalue weighted by Gasteiger charge is -2.32. The third kappa shape index (κ3) is 3.30. The molecule has 0 unspecified atom stereocenters. The molecular weight excluding hydrogens is 258 g/mol. The standard InChI is InChI=1S/C14H25N3O3/c1-11(10-20-3)17-9-12(8-13(17)18)14(19)16-6-4-15(2)5-7-16/h11-12H,4-10H2,1-3H3/p+1/t11-,12-/m1/s1. The second-order valence-electron chi connectivity index (χ2n) is 6.03. The Morgan fingerprint density at radius 2 is 2.10 bits per heavy atom. The van der Waals surface area contributed by atoms with Gasteiger partial charge in [-0.25, -0.2) is 0 Å². The van der Waals surface area contributed by atoms with Gasteiger partial charge in [-0.2, -0.15) is 0 Å². The molecule has 20 heavy (non-hydrogen) atoms. The monoisotopic (exact) mass is 284 g/mol. The summed E-state index contributed by atoms with van der Waals surface area (Å²) in [6, 6.07) is 0.0437. The molecule has 2 saturated heterocycles. The number of hydrogen-bond donors (Lipinski definition) is 1. The zero-order chi connectivity index (χ0) is 14.7. The van der Waals surface area contributed by atoms with E-state index in [1.807, 2.05) is 11.8 Å². The molecule has 0 aliphatic carbocycles.